The van der Waals surface area contributed by atoms with E-state index >= 15 is 0 Å². The van der Waals surface area contributed by atoms with E-state index in [0.717, 1.165) is 50.2 Å². The van der Waals surface area contributed by atoms with Crippen LogP contribution in [0.3, 0.4) is 0 Å². The zero-order valence-corrected chi connectivity index (χ0v) is 14.0. The van der Waals surface area contributed by atoms with Crippen molar-refractivity contribution in [3.63, 3.8) is 0 Å². The van der Waals surface area contributed by atoms with Gasteiger partial charge in [-0.1, -0.05) is 25.1 Å². The molecule has 0 radical (unpaired) electrons. The molecule has 124 valence electrons. The lowest BCUT2D eigenvalue weighted by atomic mass is 9.86. The lowest BCUT2D eigenvalue weighted by Gasteiger charge is -2.37. The van der Waals surface area contributed by atoms with Crippen molar-refractivity contribution in [2.75, 3.05) is 13.1 Å². The van der Waals surface area contributed by atoms with Gasteiger partial charge in [0, 0.05) is 45.0 Å². The summed E-state index contributed by atoms with van der Waals surface area (Å²) in [5.74, 6) is 0.847. The average Bonchev–Trinajstić information content (AvgIpc) is 2.98. The van der Waals surface area contributed by atoms with Crippen LogP contribution in [0.1, 0.15) is 51.6 Å². The van der Waals surface area contributed by atoms with Crippen molar-refractivity contribution in [3.8, 4) is 0 Å². The monoisotopic (exact) mass is 315 g/mol. The van der Waals surface area contributed by atoms with Crippen molar-refractivity contribution >= 4 is 11.6 Å². The number of nitrogens with zero attached hydrogens (tertiary/aromatic N) is 3. The second-order valence-electron chi connectivity index (χ2n) is 7.02. The Hall–Kier alpha value is -1.91. The predicted octanol–water partition coefficient (Wildman–Crippen LogP) is 3.00. The van der Waals surface area contributed by atoms with Gasteiger partial charge in [0.25, 0.3) is 0 Å². The first-order valence-electron chi connectivity index (χ1n) is 8.52. The molecule has 5 nitrogen and oxygen atoms in total. The molecule has 23 heavy (non-hydrogen) atoms. The van der Waals surface area contributed by atoms with Crippen LogP contribution in [0.4, 0.5) is 0 Å². The molecule has 0 atom stereocenters. The average molecular weight is 315 g/mol. The number of oxime groups is 1. The molecule has 2 aliphatic rings. The normalized spacial score (nSPS) is 19.8. The van der Waals surface area contributed by atoms with E-state index in [1.807, 2.05) is 23.1 Å². The third kappa shape index (κ3) is 3.71. The fourth-order valence-electron chi connectivity index (χ4n) is 3.19. The van der Waals surface area contributed by atoms with E-state index in [1.54, 1.807) is 6.20 Å². The van der Waals surface area contributed by atoms with Crippen LogP contribution < -0.4 is 0 Å². The zero-order chi connectivity index (χ0) is 16.3. The van der Waals surface area contributed by atoms with Gasteiger partial charge in [-0.2, -0.15) is 0 Å². The fraction of sp³-hybridized carbons (Fsp3) is 0.611. The van der Waals surface area contributed by atoms with Crippen LogP contribution >= 0.6 is 0 Å². The number of rotatable bonds is 4. The number of carbonyl (C=O) groups is 1. The van der Waals surface area contributed by atoms with E-state index in [2.05, 4.69) is 24.0 Å². The van der Waals surface area contributed by atoms with E-state index in [4.69, 9.17) is 4.84 Å². The predicted molar refractivity (Wildman–Crippen MR) is 89.1 cm³/mol. The van der Waals surface area contributed by atoms with Crippen LogP contribution in [0, 0.1) is 5.92 Å². The quantitative estimate of drug-likeness (QED) is 0.858. The first-order valence-corrected chi connectivity index (χ1v) is 8.52. The maximum absolute atomic E-state index is 12.2. The third-order valence-electron chi connectivity index (χ3n) is 4.76. The van der Waals surface area contributed by atoms with Crippen LogP contribution in [-0.2, 0) is 9.63 Å². The number of likely N-dealkylation sites (tertiary alicyclic amines) is 1. The van der Waals surface area contributed by atoms with Gasteiger partial charge in [0.1, 0.15) is 11.3 Å². The number of pyridine rings is 1. The Morgan fingerprint density at radius 3 is 2.78 bits per heavy atom. The molecule has 1 aromatic heterocycles. The van der Waals surface area contributed by atoms with Gasteiger partial charge in [-0.05, 0) is 24.5 Å². The molecular formula is C18H25N3O2. The second kappa shape index (κ2) is 6.69. The van der Waals surface area contributed by atoms with Gasteiger partial charge in [0.15, 0.2) is 0 Å². The molecule has 0 bridgehead atoms. The first-order chi connectivity index (χ1) is 11.1. The molecule has 3 heterocycles. The van der Waals surface area contributed by atoms with Gasteiger partial charge < -0.3 is 9.74 Å². The smallest absolute Gasteiger partial charge is 0.222 e. The van der Waals surface area contributed by atoms with Crippen LogP contribution in [0.25, 0.3) is 0 Å². The summed E-state index contributed by atoms with van der Waals surface area (Å²) in [5.41, 5.74) is 1.58. The van der Waals surface area contributed by atoms with Gasteiger partial charge in [-0.25, -0.2) is 0 Å². The Morgan fingerprint density at radius 2 is 2.13 bits per heavy atom. The largest absolute Gasteiger partial charge is 0.388 e. The van der Waals surface area contributed by atoms with E-state index in [0.29, 0.717) is 12.3 Å². The summed E-state index contributed by atoms with van der Waals surface area (Å²) in [6.07, 6.45) is 5.88. The van der Waals surface area contributed by atoms with E-state index < -0.39 is 0 Å². The van der Waals surface area contributed by atoms with Crippen LogP contribution in [0.5, 0.6) is 0 Å². The Labute approximate surface area is 137 Å². The molecule has 1 aromatic rings. The molecule has 0 aromatic carbocycles. The molecule has 0 N–H and O–H groups in total. The lowest BCUT2D eigenvalue weighted by molar-refractivity contribution is -0.137. The standard InChI is InChI=1S/C18H25N3O2/c1-14(2)6-7-17(22)21-11-8-18(9-12-21)13-16(20-23-18)15-5-3-4-10-19-15/h3-5,10,14H,6-9,11-13H2,1-2H3. The van der Waals surface area contributed by atoms with Crippen molar-refractivity contribution in [2.24, 2.45) is 11.1 Å². The molecule has 3 rings (SSSR count). The van der Waals surface area contributed by atoms with Crippen molar-refractivity contribution in [2.45, 2.75) is 51.6 Å². The van der Waals surface area contributed by atoms with E-state index in [1.165, 1.54) is 0 Å². The maximum atomic E-state index is 12.2. The van der Waals surface area contributed by atoms with Gasteiger partial charge in [-0.15, -0.1) is 0 Å². The number of piperidine rings is 1. The minimum Gasteiger partial charge on any atom is -0.388 e. The maximum Gasteiger partial charge on any atom is 0.222 e. The second-order valence-corrected chi connectivity index (χ2v) is 7.02. The SMILES string of the molecule is CC(C)CCC(=O)N1CCC2(CC1)CC(c1ccccn1)=NO2. The summed E-state index contributed by atoms with van der Waals surface area (Å²) < 4.78 is 0. The van der Waals surface area contributed by atoms with Gasteiger partial charge in [-0.3, -0.25) is 9.78 Å². The van der Waals surface area contributed by atoms with Crippen LogP contribution in [0.15, 0.2) is 29.6 Å². The summed E-state index contributed by atoms with van der Waals surface area (Å²) in [5, 5.41) is 4.26. The molecule has 1 amide bonds. The van der Waals surface area contributed by atoms with Gasteiger partial charge >= 0.3 is 0 Å². The minimum absolute atomic E-state index is 0.234. The van der Waals surface area contributed by atoms with Crippen LogP contribution in [-0.4, -0.2) is 40.2 Å². The summed E-state index contributed by atoms with van der Waals surface area (Å²) >= 11 is 0. The Morgan fingerprint density at radius 1 is 1.35 bits per heavy atom. The number of carbonyl (C=O) groups excluding carboxylic acids is 1. The lowest BCUT2D eigenvalue weighted by Crippen LogP contribution is -2.46. The van der Waals surface area contributed by atoms with Crippen LogP contribution in [0.2, 0.25) is 0 Å². The number of aromatic nitrogens is 1. The summed E-state index contributed by atoms with van der Waals surface area (Å²) in [6, 6.07) is 5.83. The van der Waals surface area contributed by atoms with E-state index in [-0.39, 0.29) is 11.5 Å². The highest BCUT2D eigenvalue weighted by molar-refractivity contribution is 6.00. The van der Waals surface area contributed by atoms with Crippen molar-refractivity contribution < 1.29 is 9.63 Å². The molecule has 1 spiro atoms. The molecule has 0 aliphatic carbocycles. The Bertz CT molecular complexity index is 575. The number of hydrogen-bond donors (Lipinski definition) is 0. The molecule has 5 heteroatoms. The Kier molecular flexibility index (Phi) is 4.64. The van der Waals surface area contributed by atoms with Gasteiger partial charge in [0.2, 0.25) is 5.91 Å². The first kappa shape index (κ1) is 16.0. The third-order valence-corrected chi connectivity index (χ3v) is 4.76. The molecule has 0 unspecified atom stereocenters. The highest BCUT2D eigenvalue weighted by atomic mass is 16.7. The minimum atomic E-state index is -0.234. The summed E-state index contributed by atoms with van der Waals surface area (Å²) in [6.45, 7) is 5.84. The molecule has 2 aliphatic heterocycles. The van der Waals surface area contributed by atoms with E-state index in [9.17, 15) is 4.79 Å². The van der Waals surface area contributed by atoms with Crippen molar-refractivity contribution in [3.05, 3.63) is 30.1 Å². The highest BCUT2D eigenvalue weighted by Crippen LogP contribution is 2.36. The summed E-state index contributed by atoms with van der Waals surface area (Å²) in [7, 11) is 0. The number of amides is 1. The van der Waals surface area contributed by atoms with Crippen molar-refractivity contribution in [1.82, 2.24) is 9.88 Å². The molecular weight excluding hydrogens is 290 g/mol. The van der Waals surface area contributed by atoms with Crippen molar-refractivity contribution in [1.29, 1.82) is 0 Å². The molecule has 1 saturated heterocycles. The molecule has 1 fully saturated rings. The Balaban J connectivity index is 1.53. The van der Waals surface area contributed by atoms with Gasteiger partial charge in [0.05, 0.1) is 5.69 Å². The number of hydrogen-bond acceptors (Lipinski definition) is 4. The fourth-order valence-corrected chi connectivity index (χ4v) is 3.19. The summed E-state index contributed by atoms with van der Waals surface area (Å²) in [4.78, 5) is 24.4. The highest BCUT2D eigenvalue weighted by Gasteiger charge is 2.43. The zero-order valence-electron chi connectivity index (χ0n) is 14.0. The molecule has 0 saturated carbocycles. The topological polar surface area (TPSA) is 54.8 Å².